The molecule has 1 aliphatic carbocycles. The van der Waals surface area contributed by atoms with Crippen molar-refractivity contribution in [1.29, 1.82) is 0 Å². The number of hydrogen-bond acceptors (Lipinski definition) is 3. The molecule has 0 amide bonds. The topological polar surface area (TPSA) is 44.1 Å². The Bertz CT molecular complexity index is 743. The number of ether oxygens (including phenoxy) is 1. The Hall–Kier alpha value is -1.68. The van der Waals surface area contributed by atoms with Crippen LogP contribution in [0.5, 0.6) is 0 Å². The van der Waals surface area contributed by atoms with Crippen molar-refractivity contribution in [2.45, 2.75) is 70.4 Å². The summed E-state index contributed by atoms with van der Waals surface area (Å²) in [5, 5.41) is 5.88. The van der Waals surface area contributed by atoms with E-state index in [1.807, 2.05) is 6.20 Å². The van der Waals surface area contributed by atoms with Crippen LogP contribution in [0, 0.1) is 6.92 Å². The second-order valence-corrected chi connectivity index (χ2v) is 7.32. The quantitative estimate of drug-likeness (QED) is 0.754. The normalized spacial score (nSPS) is 25.8. The van der Waals surface area contributed by atoms with Gasteiger partial charge < -0.3 is 4.74 Å². The number of fused-ring (bicyclic) bond motifs is 1. The average Bonchev–Trinajstić information content (AvgIpc) is 2.90. The number of rotatable bonds is 2. The van der Waals surface area contributed by atoms with Gasteiger partial charge in [-0.15, -0.1) is 0 Å². The van der Waals surface area contributed by atoms with Crippen LogP contribution in [-0.2, 0) is 9.53 Å². The SMILES string of the molecule is Cc1ccc2c(cnn2C2CCCCO2)c1C1CCCCC(=O)C1. The van der Waals surface area contributed by atoms with Crippen LogP contribution in [0.15, 0.2) is 18.3 Å². The van der Waals surface area contributed by atoms with Gasteiger partial charge in [0.1, 0.15) is 5.78 Å². The molecule has 1 saturated carbocycles. The van der Waals surface area contributed by atoms with Crippen LogP contribution in [0.3, 0.4) is 0 Å². The third kappa shape index (κ3) is 2.88. The first-order valence-corrected chi connectivity index (χ1v) is 9.34. The Morgan fingerprint density at radius 2 is 2.04 bits per heavy atom. The van der Waals surface area contributed by atoms with E-state index >= 15 is 0 Å². The maximum Gasteiger partial charge on any atom is 0.150 e. The molecular formula is C20H26N2O2. The van der Waals surface area contributed by atoms with Crippen LogP contribution in [0.1, 0.15) is 74.6 Å². The highest BCUT2D eigenvalue weighted by Crippen LogP contribution is 2.37. The largest absolute Gasteiger partial charge is 0.356 e. The minimum absolute atomic E-state index is 0.0579. The van der Waals surface area contributed by atoms with Crippen molar-refractivity contribution < 1.29 is 9.53 Å². The van der Waals surface area contributed by atoms with Crippen LogP contribution < -0.4 is 0 Å². The molecule has 0 spiro atoms. The number of hydrogen-bond donors (Lipinski definition) is 0. The van der Waals surface area contributed by atoms with Crippen LogP contribution in [-0.4, -0.2) is 22.2 Å². The van der Waals surface area contributed by atoms with Gasteiger partial charge in [-0.2, -0.15) is 5.10 Å². The highest BCUT2D eigenvalue weighted by atomic mass is 16.5. The molecule has 128 valence electrons. The zero-order chi connectivity index (χ0) is 16.5. The third-order valence-electron chi connectivity index (χ3n) is 5.61. The van der Waals surface area contributed by atoms with E-state index in [4.69, 9.17) is 4.74 Å². The number of ketones is 1. The minimum atomic E-state index is 0.0579. The molecule has 1 aromatic heterocycles. The van der Waals surface area contributed by atoms with Crippen molar-refractivity contribution in [1.82, 2.24) is 9.78 Å². The van der Waals surface area contributed by atoms with E-state index in [1.165, 1.54) is 22.9 Å². The highest BCUT2D eigenvalue weighted by molar-refractivity contribution is 5.86. The number of carbonyl (C=O) groups is 1. The minimum Gasteiger partial charge on any atom is -0.356 e. The zero-order valence-electron chi connectivity index (χ0n) is 14.5. The Morgan fingerprint density at radius 3 is 2.88 bits per heavy atom. The zero-order valence-corrected chi connectivity index (χ0v) is 14.5. The Kier molecular flexibility index (Phi) is 4.40. The maximum atomic E-state index is 12.1. The molecule has 4 nitrogen and oxygen atoms in total. The first kappa shape index (κ1) is 15.8. The molecule has 2 aromatic rings. The molecule has 2 unspecified atom stereocenters. The third-order valence-corrected chi connectivity index (χ3v) is 5.61. The van der Waals surface area contributed by atoms with Crippen LogP contribution in [0.25, 0.3) is 10.9 Å². The highest BCUT2D eigenvalue weighted by Gasteiger charge is 2.25. The lowest BCUT2D eigenvalue weighted by Gasteiger charge is -2.24. The molecule has 1 aromatic carbocycles. The molecule has 4 rings (SSSR count). The molecule has 0 N–H and O–H groups in total. The van der Waals surface area contributed by atoms with Gasteiger partial charge in [-0.3, -0.25) is 4.79 Å². The van der Waals surface area contributed by atoms with Crippen molar-refractivity contribution >= 4 is 16.7 Å². The first-order chi connectivity index (χ1) is 11.7. The fraction of sp³-hybridized carbons (Fsp3) is 0.600. The standard InChI is InChI=1S/C20H26N2O2/c1-14-9-10-18-17(13-21-22(18)19-8-4-5-11-24-19)20(14)15-6-2-3-7-16(23)12-15/h9-10,13,15,19H,2-8,11-12H2,1H3. The molecule has 2 atom stereocenters. The molecule has 4 heteroatoms. The summed E-state index contributed by atoms with van der Waals surface area (Å²) in [6, 6.07) is 4.35. The monoisotopic (exact) mass is 326 g/mol. The van der Waals surface area contributed by atoms with E-state index in [1.54, 1.807) is 0 Å². The molecule has 2 heterocycles. The number of Topliss-reactive ketones (excluding diaryl/α,β-unsaturated/α-hetero) is 1. The van der Waals surface area contributed by atoms with Gasteiger partial charge in [0.15, 0.2) is 6.23 Å². The Morgan fingerprint density at radius 1 is 1.17 bits per heavy atom. The fourth-order valence-electron chi connectivity index (χ4n) is 4.38. The number of aryl methyl sites for hydroxylation is 1. The molecule has 2 aliphatic rings. The number of aromatic nitrogens is 2. The van der Waals surface area contributed by atoms with Crippen molar-refractivity contribution in [3.05, 3.63) is 29.5 Å². The second-order valence-electron chi connectivity index (χ2n) is 7.32. The summed E-state index contributed by atoms with van der Waals surface area (Å²) in [6.07, 6.45) is 10.1. The van der Waals surface area contributed by atoms with Gasteiger partial charge in [-0.05, 0) is 62.1 Å². The van der Waals surface area contributed by atoms with E-state index in [2.05, 4.69) is 28.8 Å². The molecule has 2 fully saturated rings. The van der Waals surface area contributed by atoms with Crippen LogP contribution in [0.4, 0.5) is 0 Å². The lowest BCUT2D eigenvalue weighted by Crippen LogP contribution is -2.19. The fourth-order valence-corrected chi connectivity index (χ4v) is 4.38. The summed E-state index contributed by atoms with van der Waals surface area (Å²) >= 11 is 0. The van der Waals surface area contributed by atoms with Crippen LogP contribution in [0.2, 0.25) is 0 Å². The van der Waals surface area contributed by atoms with Crippen molar-refractivity contribution in [3.8, 4) is 0 Å². The van der Waals surface area contributed by atoms with Gasteiger partial charge in [0.2, 0.25) is 0 Å². The molecule has 1 saturated heterocycles. The van der Waals surface area contributed by atoms with Gasteiger partial charge in [-0.25, -0.2) is 4.68 Å². The number of benzene rings is 1. The smallest absolute Gasteiger partial charge is 0.150 e. The lowest BCUT2D eigenvalue weighted by atomic mass is 9.86. The molecule has 0 radical (unpaired) electrons. The average molecular weight is 326 g/mol. The van der Waals surface area contributed by atoms with E-state index in [0.717, 1.165) is 50.6 Å². The summed E-state index contributed by atoms with van der Waals surface area (Å²) in [7, 11) is 0. The van der Waals surface area contributed by atoms with Crippen molar-refractivity contribution in [2.24, 2.45) is 0 Å². The second kappa shape index (κ2) is 6.67. The van der Waals surface area contributed by atoms with Gasteiger partial charge in [0.25, 0.3) is 0 Å². The van der Waals surface area contributed by atoms with Gasteiger partial charge in [0.05, 0.1) is 11.7 Å². The van der Waals surface area contributed by atoms with Crippen LogP contribution >= 0.6 is 0 Å². The predicted octanol–water partition coefficient (Wildman–Crippen LogP) is 4.66. The number of nitrogens with zero attached hydrogens (tertiary/aromatic N) is 2. The first-order valence-electron chi connectivity index (χ1n) is 9.34. The van der Waals surface area contributed by atoms with Gasteiger partial charge >= 0.3 is 0 Å². The summed E-state index contributed by atoms with van der Waals surface area (Å²) in [5.41, 5.74) is 3.77. The van der Waals surface area contributed by atoms with Gasteiger partial charge in [0, 0.05) is 24.8 Å². The Labute approximate surface area is 143 Å². The Balaban J connectivity index is 1.76. The molecular weight excluding hydrogens is 300 g/mol. The van der Waals surface area contributed by atoms with Crippen molar-refractivity contribution in [3.63, 3.8) is 0 Å². The summed E-state index contributed by atoms with van der Waals surface area (Å²) in [4.78, 5) is 12.1. The van der Waals surface area contributed by atoms with E-state index in [0.29, 0.717) is 18.1 Å². The summed E-state index contributed by atoms with van der Waals surface area (Å²) in [6.45, 7) is 2.99. The number of carbonyl (C=O) groups excluding carboxylic acids is 1. The van der Waals surface area contributed by atoms with Crippen molar-refractivity contribution in [2.75, 3.05) is 6.61 Å². The van der Waals surface area contributed by atoms with E-state index < -0.39 is 0 Å². The van der Waals surface area contributed by atoms with Gasteiger partial charge in [-0.1, -0.05) is 12.5 Å². The predicted molar refractivity (Wildman–Crippen MR) is 94.1 cm³/mol. The van der Waals surface area contributed by atoms with E-state index in [9.17, 15) is 4.79 Å². The molecule has 0 bridgehead atoms. The lowest BCUT2D eigenvalue weighted by molar-refractivity contribution is -0.119. The molecule has 1 aliphatic heterocycles. The summed E-state index contributed by atoms with van der Waals surface area (Å²) in [5.74, 6) is 0.755. The maximum absolute atomic E-state index is 12.1. The molecule has 24 heavy (non-hydrogen) atoms. The van der Waals surface area contributed by atoms with E-state index in [-0.39, 0.29) is 6.23 Å². The summed E-state index contributed by atoms with van der Waals surface area (Å²) < 4.78 is 7.98.